The summed E-state index contributed by atoms with van der Waals surface area (Å²) in [5.74, 6) is 0.716. The first kappa shape index (κ1) is 16.9. The SMILES string of the molecule is C[C@@H]1CN(c2ncc3sc(N(C)C)nc3n2)C[C@H](c2cnn(C3CC3)c2)O1. The van der Waals surface area contributed by atoms with E-state index in [-0.39, 0.29) is 12.2 Å². The van der Waals surface area contributed by atoms with E-state index in [2.05, 4.69) is 37.8 Å². The van der Waals surface area contributed by atoms with Gasteiger partial charge in [0.15, 0.2) is 10.8 Å². The molecule has 1 aliphatic heterocycles. The molecule has 3 aromatic rings. The number of hydrogen-bond donors (Lipinski definition) is 0. The monoisotopic (exact) mass is 385 g/mol. The van der Waals surface area contributed by atoms with Crippen molar-refractivity contribution < 1.29 is 4.74 Å². The highest BCUT2D eigenvalue weighted by Gasteiger charge is 2.31. The molecular weight excluding hydrogens is 362 g/mol. The molecule has 0 bridgehead atoms. The summed E-state index contributed by atoms with van der Waals surface area (Å²) in [5.41, 5.74) is 1.88. The molecule has 1 saturated heterocycles. The summed E-state index contributed by atoms with van der Waals surface area (Å²) in [6.45, 7) is 3.58. The van der Waals surface area contributed by atoms with Gasteiger partial charge in [-0.3, -0.25) is 4.68 Å². The van der Waals surface area contributed by atoms with Gasteiger partial charge in [0, 0.05) is 32.4 Å². The zero-order valence-electron chi connectivity index (χ0n) is 15.7. The third-order valence-electron chi connectivity index (χ3n) is 4.97. The molecule has 1 aliphatic carbocycles. The standard InChI is InChI=1S/C18H23N7OS/c1-11-8-24(10-14(26-11)12-6-20-25(9-12)13-4-5-13)17-19-7-15-16(21-17)22-18(27-15)23(2)3/h6-7,9,11,13-14H,4-5,8,10H2,1-3H3/t11-,14-/m1/s1. The van der Waals surface area contributed by atoms with Crippen LogP contribution in [-0.2, 0) is 4.74 Å². The highest BCUT2D eigenvalue weighted by molar-refractivity contribution is 7.22. The van der Waals surface area contributed by atoms with Gasteiger partial charge in [-0.25, -0.2) is 4.98 Å². The van der Waals surface area contributed by atoms with Crippen LogP contribution in [0.15, 0.2) is 18.6 Å². The van der Waals surface area contributed by atoms with Gasteiger partial charge in [0.05, 0.1) is 35.8 Å². The minimum Gasteiger partial charge on any atom is -0.367 e. The lowest BCUT2D eigenvalue weighted by Gasteiger charge is -2.36. The van der Waals surface area contributed by atoms with Crippen LogP contribution < -0.4 is 9.80 Å². The second-order valence-electron chi connectivity index (χ2n) is 7.57. The molecule has 0 amide bonds. The van der Waals surface area contributed by atoms with Crippen molar-refractivity contribution in [1.29, 1.82) is 0 Å². The Hall–Kier alpha value is -2.26. The summed E-state index contributed by atoms with van der Waals surface area (Å²) < 4.78 is 9.27. The van der Waals surface area contributed by atoms with Crippen LogP contribution in [0.3, 0.4) is 0 Å². The Kier molecular flexibility index (Phi) is 4.01. The maximum Gasteiger partial charge on any atom is 0.227 e. The van der Waals surface area contributed by atoms with Crippen LogP contribution in [-0.4, -0.2) is 58.0 Å². The minimum atomic E-state index is -0.0201. The van der Waals surface area contributed by atoms with Crippen LogP contribution in [0.1, 0.15) is 37.5 Å². The van der Waals surface area contributed by atoms with E-state index in [0.29, 0.717) is 12.0 Å². The molecule has 2 fully saturated rings. The number of morpholine rings is 1. The molecule has 9 heteroatoms. The average Bonchev–Trinajstić information content (AvgIpc) is 3.22. The molecule has 0 N–H and O–H groups in total. The highest BCUT2D eigenvalue weighted by atomic mass is 32.1. The Labute approximate surface area is 161 Å². The van der Waals surface area contributed by atoms with Gasteiger partial charge in [0.2, 0.25) is 5.95 Å². The molecular formula is C18H23N7OS. The quantitative estimate of drug-likeness (QED) is 0.684. The molecule has 2 atom stereocenters. The summed E-state index contributed by atoms with van der Waals surface area (Å²) in [6, 6.07) is 0.581. The molecule has 5 rings (SSSR count). The molecule has 27 heavy (non-hydrogen) atoms. The van der Waals surface area contributed by atoms with Gasteiger partial charge >= 0.3 is 0 Å². The first-order chi connectivity index (χ1) is 13.1. The number of rotatable bonds is 4. The number of nitrogens with zero attached hydrogens (tertiary/aromatic N) is 7. The van der Waals surface area contributed by atoms with Gasteiger partial charge in [0.25, 0.3) is 0 Å². The van der Waals surface area contributed by atoms with E-state index in [9.17, 15) is 0 Å². The van der Waals surface area contributed by atoms with E-state index < -0.39 is 0 Å². The third-order valence-corrected chi connectivity index (χ3v) is 6.11. The molecule has 0 aromatic carbocycles. The van der Waals surface area contributed by atoms with E-state index in [0.717, 1.165) is 34.1 Å². The predicted octanol–water partition coefficient (Wildman–Crippen LogP) is 2.65. The van der Waals surface area contributed by atoms with E-state index >= 15 is 0 Å². The van der Waals surface area contributed by atoms with Crippen LogP contribution >= 0.6 is 11.3 Å². The van der Waals surface area contributed by atoms with Crippen LogP contribution in [0, 0.1) is 0 Å². The smallest absolute Gasteiger partial charge is 0.227 e. The van der Waals surface area contributed by atoms with E-state index in [1.54, 1.807) is 11.3 Å². The van der Waals surface area contributed by atoms with Crippen LogP contribution in [0.4, 0.5) is 11.1 Å². The van der Waals surface area contributed by atoms with Gasteiger partial charge < -0.3 is 14.5 Å². The fraction of sp³-hybridized carbons (Fsp3) is 0.556. The van der Waals surface area contributed by atoms with Gasteiger partial charge in [-0.05, 0) is 19.8 Å². The van der Waals surface area contributed by atoms with Crippen molar-refractivity contribution in [3.8, 4) is 0 Å². The number of fused-ring (bicyclic) bond motifs is 1. The molecule has 2 aliphatic rings. The van der Waals surface area contributed by atoms with E-state index in [1.165, 1.54) is 12.8 Å². The first-order valence-electron chi connectivity index (χ1n) is 9.32. The normalized spacial score (nSPS) is 23.1. The Morgan fingerprint density at radius 2 is 2.04 bits per heavy atom. The van der Waals surface area contributed by atoms with Crippen LogP contribution in [0.5, 0.6) is 0 Å². The lowest BCUT2D eigenvalue weighted by atomic mass is 10.1. The number of anilines is 2. The molecule has 0 spiro atoms. The number of ether oxygens (including phenoxy) is 1. The number of aromatic nitrogens is 5. The lowest BCUT2D eigenvalue weighted by Crippen LogP contribution is -2.43. The van der Waals surface area contributed by atoms with E-state index in [4.69, 9.17) is 9.72 Å². The van der Waals surface area contributed by atoms with Crippen molar-refractivity contribution in [3.05, 3.63) is 24.2 Å². The largest absolute Gasteiger partial charge is 0.367 e. The topological polar surface area (TPSA) is 72.2 Å². The molecule has 1 saturated carbocycles. The first-order valence-corrected chi connectivity index (χ1v) is 10.1. The predicted molar refractivity (Wildman–Crippen MR) is 106 cm³/mol. The van der Waals surface area contributed by atoms with Crippen molar-refractivity contribution in [2.45, 2.75) is 38.0 Å². The zero-order chi connectivity index (χ0) is 18.5. The molecule has 142 valence electrons. The fourth-order valence-electron chi connectivity index (χ4n) is 3.42. The molecule has 0 unspecified atom stereocenters. The summed E-state index contributed by atoms with van der Waals surface area (Å²) >= 11 is 1.61. The Bertz CT molecular complexity index is 964. The van der Waals surface area contributed by atoms with E-state index in [1.807, 2.05) is 31.4 Å². The van der Waals surface area contributed by atoms with Gasteiger partial charge in [-0.15, -0.1) is 0 Å². The number of hydrogen-bond acceptors (Lipinski definition) is 8. The minimum absolute atomic E-state index is 0.0201. The summed E-state index contributed by atoms with van der Waals surface area (Å²) in [5, 5.41) is 5.45. The maximum absolute atomic E-state index is 6.19. The molecule has 4 heterocycles. The second kappa shape index (κ2) is 6.42. The zero-order valence-corrected chi connectivity index (χ0v) is 16.6. The van der Waals surface area contributed by atoms with Crippen molar-refractivity contribution in [2.75, 3.05) is 37.0 Å². The Morgan fingerprint density at radius 3 is 2.81 bits per heavy atom. The van der Waals surface area contributed by atoms with Gasteiger partial charge in [0.1, 0.15) is 6.10 Å². The number of thiazole rings is 1. The molecule has 8 nitrogen and oxygen atoms in total. The second-order valence-corrected chi connectivity index (χ2v) is 8.58. The molecule has 3 aromatic heterocycles. The summed E-state index contributed by atoms with van der Waals surface area (Å²) in [6.07, 6.45) is 8.48. The van der Waals surface area contributed by atoms with Gasteiger partial charge in [-0.1, -0.05) is 11.3 Å². The van der Waals surface area contributed by atoms with Crippen molar-refractivity contribution in [3.63, 3.8) is 0 Å². The van der Waals surface area contributed by atoms with Crippen molar-refractivity contribution in [1.82, 2.24) is 24.7 Å². The summed E-state index contributed by atoms with van der Waals surface area (Å²) in [4.78, 5) is 18.1. The summed E-state index contributed by atoms with van der Waals surface area (Å²) in [7, 11) is 3.98. The molecule has 0 radical (unpaired) electrons. The Balaban J connectivity index is 1.40. The van der Waals surface area contributed by atoms with Gasteiger partial charge in [-0.2, -0.15) is 15.1 Å². The fourth-order valence-corrected chi connectivity index (χ4v) is 4.22. The van der Waals surface area contributed by atoms with Crippen LogP contribution in [0.25, 0.3) is 10.3 Å². The maximum atomic E-state index is 6.19. The Morgan fingerprint density at radius 1 is 1.19 bits per heavy atom. The lowest BCUT2D eigenvalue weighted by molar-refractivity contribution is -0.0178. The third kappa shape index (κ3) is 3.25. The highest BCUT2D eigenvalue weighted by Crippen LogP contribution is 2.36. The van der Waals surface area contributed by atoms with Crippen LogP contribution in [0.2, 0.25) is 0 Å². The van der Waals surface area contributed by atoms with Crippen molar-refractivity contribution >= 4 is 32.8 Å². The average molecular weight is 385 g/mol. The van der Waals surface area contributed by atoms with Crippen molar-refractivity contribution in [2.24, 2.45) is 0 Å².